The molecule has 0 aromatic heterocycles. The van der Waals surface area contributed by atoms with Crippen LogP contribution in [-0.4, -0.2) is 47.7 Å². The van der Waals surface area contributed by atoms with Gasteiger partial charge in [-0.15, -0.1) is 0 Å². The Bertz CT molecular complexity index is 282. The first kappa shape index (κ1) is 13.8. The maximum absolute atomic E-state index is 11.4. The van der Waals surface area contributed by atoms with Gasteiger partial charge in [-0.1, -0.05) is 0 Å². The highest BCUT2D eigenvalue weighted by molar-refractivity contribution is 5.70. The summed E-state index contributed by atoms with van der Waals surface area (Å²) in [5.41, 5.74) is 0. The molecule has 1 unspecified atom stereocenters. The molecule has 1 atom stereocenters. The first-order valence-corrected chi connectivity index (χ1v) is 7.28. The zero-order valence-corrected chi connectivity index (χ0v) is 11.6. The lowest BCUT2D eigenvalue weighted by Crippen LogP contribution is -2.43. The highest BCUT2D eigenvalue weighted by Gasteiger charge is 2.33. The van der Waals surface area contributed by atoms with E-state index in [9.17, 15) is 9.90 Å². The average molecular weight is 254 g/mol. The van der Waals surface area contributed by atoms with Crippen LogP contribution in [-0.2, 0) is 4.79 Å². The molecule has 1 aliphatic carbocycles. The van der Waals surface area contributed by atoms with Crippen LogP contribution in [0, 0.1) is 11.8 Å². The fourth-order valence-corrected chi connectivity index (χ4v) is 2.87. The Balaban J connectivity index is 1.81. The van der Waals surface area contributed by atoms with Crippen molar-refractivity contribution in [3.05, 3.63) is 0 Å². The van der Waals surface area contributed by atoms with E-state index in [1.165, 1.54) is 12.8 Å². The van der Waals surface area contributed by atoms with E-state index in [0.29, 0.717) is 24.5 Å². The number of carboxylic acids is 1. The first-order chi connectivity index (χ1) is 8.58. The molecule has 104 valence electrons. The lowest BCUT2D eigenvalue weighted by atomic mass is 9.84. The molecule has 1 saturated heterocycles. The van der Waals surface area contributed by atoms with Crippen LogP contribution < -0.4 is 5.32 Å². The third-order valence-electron chi connectivity index (χ3n) is 4.39. The van der Waals surface area contributed by atoms with Gasteiger partial charge >= 0.3 is 5.97 Å². The Morgan fingerprint density at radius 2 is 1.89 bits per heavy atom. The van der Waals surface area contributed by atoms with Crippen LogP contribution in [0.4, 0.5) is 0 Å². The predicted molar refractivity (Wildman–Crippen MR) is 71.6 cm³/mol. The number of rotatable bonds is 6. The summed E-state index contributed by atoms with van der Waals surface area (Å²) < 4.78 is 0. The number of hydrogen-bond donors (Lipinski definition) is 2. The molecule has 0 aromatic rings. The van der Waals surface area contributed by atoms with Gasteiger partial charge in [-0.3, -0.25) is 4.79 Å². The minimum absolute atomic E-state index is 0.195. The number of hydrogen-bond acceptors (Lipinski definition) is 3. The molecule has 1 aliphatic heterocycles. The Hall–Kier alpha value is -0.610. The Morgan fingerprint density at radius 1 is 1.28 bits per heavy atom. The number of nitrogens with one attached hydrogen (secondary N) is 1. The van der Waals surface area contributed by atoms with E-state index < -0.39 is 5.97 Å². The summed E-state index contributed by atoms with van der Waals surface area (Å²) in [4.78, 5) is 13.8. The standard InChI is InChI=1S/C14H26N2O2/c1-10(2)16-7-5-11(6-8-16)13(14(17)18)9-15-12-3-4-12/h10-13,15H,3-9H2,1-2H3,(H,17,18). The summed E-state index contributed by atoms with van der Waals surface area (Å²) >= 11 is 0. The number of carbonyl (C=O) groups is 1. The fraction of sp³-hybridized carbons (Fsp3) is 0.929. The third kappa shape index (κ3) is 3.69. The quantitative estimate of drug-likeness (QED) is 0.755. The van der Waals surface area contributed by atoms with E-state index in [0.717, 1.165) is 25.9 Å². The number of piperidine rings is 1. The summed E-state index contributed by atoms with van der Waals surface area (Å²) in [7, 11) is 0. The second kappa shape index (κ2) is 6.02. The van der Waals surface area contributed by atoms with Crippen LogP contribution in [0.25, 0.3) is 0 Å². The molecule has 2 aliphatic rings. The number of likely N-dealkylation sites (tertiary alicyclic amines) is 1. The molecule has 2 rings (SSSR count). The van der Waals surface area contributed by atoms with Crippen LogP contribution in [0.2, 0.25) is 0 Å². The van der Waals surface area contributed by atoms with E-state index in [1.54, 1.807) is 0 Å². The normalized spacial score (nSPS) is 24.4. The summed E-state index contributed by atoms with van der Waals surface area (Å²) in [5, 5.41) is 12.8. The number of aliphatic carboxylic acids is 1. The monoisotopic (exact) mass is 254 g/mol. The lowest BCUT2D eigenvalue weighted by molar-refractivity contribution is -0.144. The molecule has 0 amide bonds. The van der Waals surface area contributed by atoms with Gasteiger partial charge in [0.1, 0.15) is 0 Å². The zero-order chi connectivity index (χ0) is 13.1. The maximum Gasteiger partial charge on any atom is 0.308 e. The Morgan fingerprint density at radius 3 is 2.33 bits per heavy atom. The Kier molecular flexibility index (Phi) is 4.62. The van der Waals surface area contributed by atoms with Crippen LogP contribution in [0.15, 0.2) is 0 Å². The van der Waals surface area contributed by atoms with Crippen molar-refractivity contribution in [1.82, 2.24) is 10.2 Å². The van der Waals surface area contributed by atoms with Crippen LogP contribution >= 0.6 is 0 Å². The summed E-state index contributed by atoms with van der Waals surface area (Å²) in [6.45, 7) is 7.19. The summed E-state index contributed by atoms with van der Waals surface area (Å²) in [5.74, 6) is -0.463. The van der Waals surface area contributed by atoms with Crippen molar-refractivity contribution in [2.75, 3.05) is 19.6 Å². The third-order valence-corrected chi connectivity index (χ3v) is 4.39. The number of nitrogens with zero attached hydrogens (tertiary/aromatic N) is 1. The molecule has 0 bridgehead atoms. The molecule has 1 heterocycles. The predicted octanol–water partition coefficient (Wildman–Crippen LogP) is 1.56. The second-order valence-corrected chi connectivity index (χ2v) is 6.09. The molecule has 2 fully saturated rings. The highest BCUT2D eigenvalue weighted by atomic mass is 16.4. The van der Waals surface area contributed by atoms with Gasteiger partial charge in [-0.2, -0.15) is 0 Å². The average Bonchev–Trinajstić information content (AvgIpc) is 3.13. The van der Waals surface area contributed by atoms with Crippen molar-refractivity contribution in [3.63, 3.8) is 0 Å². The van der Waals surface area contributed by atoms with Crippen LogP contribution in [0.3, 0.4) is 0 Å². The van der Waals surface area contributed by atoms with E-state index in [-0.39, 0.29) is 5.92 Å². The second-order valence-electron chi connectivity index (χ2n) is 6.09. The molecule has 4 heteroatoms. The van der Waals surface area contributed by atoms with Gasteiger partial charge in [0.15, 0.2) is 0 Å². The van der Waals surface area contributed by atoms with Crippen molar-refractivity contribution < 1.29 is 9.90 Å². The van der Waals surface area contributed by atoms with Crippen molar-refractivity contribution >= 4 is 5.97 Å². The fourth-order valence-electron chi connectivity index (χ4n) is 2.87. The van der Waals surface area contributed by atoms with Crippen molar-refractivity contribution in [3.8, 4) is 0 Å². The largest absolute Gasteiger partial charge is 0.481 e. The highest BCUT2D eigenvalue weighted by Crippen LogP contribution is 2.27. The molecule has 0 spiro atoms. The van der Waals surface area contributed by atoms with E-state index in [1.807, 2.05) is 0 Å². The number of carboxylic acid groups (broad SMARTS) is 1. The van der Waals surface area contributed by atoms with Gasteiger partial charge in [0.05, 0.1) is 5.92 Å². The first-order valence-electron chi connectivity index (χ1n) is 7.28. The summed E-state index contributed by atoms with van der Waals surface area (Å²) in [6.07, 6.45) is 4.50. The van der Waals surface area contributed by atoms with Crippen LogP contribution in [0.1, 0.15) is 39.5 Å². The van der Waals surface area contributed by atoms with Gasteiger partial charge in [0.25, 0.3) is 0 Å². The van der Waals surface area contributed by atoms with E-state index in [2.05, 4.69) is 24.1 Å². The van der Waals surface area contributed by atoms with Crippen molar-refractivity contribution in [2.24, 2.45) is 11.8 Å². The molecular formula is C14H26N2O2. The van der Waals surface area contributed by atoms with E-state index in [4.69, 9.17) is 0 Å². The Labute approximate surface area is 110 Å². The van der Waals surface area contributed by atoms with Gasteiger partial charge in [0.2, 0.25) is 0 Å². The maximum atomic E-state index is 11.4. The lowest BCUT2D eigenvalue weighted by Gasteiger charge is -2.36. The van der Waals surface area contributed by atoms with Crippen molar-refractivity contribution in [2.45, 2.75) is 51.6 Å². The summed E-state index contributed by atoms with van der Waals surface area (Å²) in [6, 6.07) is 1.18. The SMILES string of the molecule is CC(C)N1CCC(C(CNC2CC2)C(=O)O)CC1. The van der Waals surface area contributed by atoms with Crippen molar-refractivity contribution in [1.29, 1.82) is 0 Å². The zero-order valence-electron chi connectivity index (χ0n) is 11.6. The van der Waals surface area contributed by atoms with E-state index >= 15 is 0 Å². The van der Waals surface area contributed by atoms with Crippen LogP contribution in [0.5, 0.6) is 0 Å². The molecule has 1 saturated carbocycles. The molecule has 2 N–H and O–H groups in total. The van der Waals surface area contributed by atoms with Gasteiger partial charge < -0.3 is 15.3 Å². The van der Waals surface area contributed by atoms with Gasteiger partial charge in [-0.25, -0.2) is 0 Å². The molecule has 4 nitrogen and oxygen atoms in total. The smallest absolute Gasteiger partial charge is 0.308 e. The molecular weight excluding hydrogens is 228 g/mol. The minimum atomic E-state index is -0.619. The van der Waals surface area contributed by atoms with Gasteiger partial charge in [0, 0.05) is 18.6 Å². The molecule has 0 radical (unpaired) electrons. The van der Waals surface area contributed by atoms with Gasteiger partial charge in [-0.05, 0) is 58.5 Å². The molecule has 18 heavy (non-hydrogen) atoms. The topological polar surface area (TPSA) is 52.6 Å². The molecule has 0 aromatic carbocycles. The minimum Gasteiger partial charge on any atom is -0.481 e.